The number of hydrogen-bond donors (Lipinski definition) is 1. The molecule has 0 saturated carbocycles. The van der Waals surface area contributed by atoms with Gasteiger partial charge in [-0.15, -0.1) is 0 Å². The van der Waals surface area contributed by atoms with Gasteiger partial charge in [0.2, 0.25) is 0 Å². The number of anilines is 1. The summed E-state index contributed by atoms with van der Waals surface area (Å²) >= 11 is 0. The number of rotatable bonds is 3. The standard InChI is InChI=1S/C11H14NO/c1-3-9(4-2)10-6-5-7-11(8-10)12-13/h3,5-8,12H,4H2,1-2H3/q-1/b9-3+. The predicted octanol–water partition coefficient (Wildman–Crippen LogP) is 3.41. The fraction of sp³-hybridized carbons (Fsp3) is 0.273. The zero-order valence-corrected chi connectivity index (χ0v) is 8.00. The summed E-state index contributed by atoms with van der Waals surface area (Å²) in [5, 5.41) is 10.4. The minimum absolute atomic E-state index is 0.616. The molecule has 70 valence electrons. The molecule has 0 bridgehead atoms. The number of benzene rings is 1. The van der Waals surface area contributed by atoms with Gasteiger partial charge in [0.05, 0.1) is 0 Å². The molecule has 1 aromatic rings. The Kier molecular flexibility index (Phi) is 3.53. The maximum atomic E-state index is 10.4. The fourth-order valence-corrected chi connectivity index (χ4v) is 1.36. The molecule has 0 unspecified atom stereocenters. The van der Waals surface area contributed by atoms with Crippen molar-refractivity contribution in [1.82, 2.24) is 0 Å². The molecule has 2 nitrogen and oxygen atoms in total. The Labute approximate surface area is 78.9 Å². The van der Waals surface area contributed by atoms with Gasteiger partial charge in [0.25, 0.3) is 0 Å². The SMILES string of the molecule is C/C=C(\CC)c1cccc(N[O-])c1. The Morgan fingerprint density at radius 1 is 1.54 bits per heavy atom. The van der Waals surface area contributed by atoms with Crippen LogP contribution in [0.25, 0.3) is 5.57 Å². The molecule has 1 N–H and O–H groups in total. The molecule has 0 atom stereocenters. The monoisotopic (exact) mass is 176 g/mol. The Bertz CT molecular complexity index is 305. The van der Waals surface area contributed by atoms with E-state index in [2.05, 4.69) is 13.0 Å². The van der Waals surface area contributed by atoms with Gasteiger partial charge in [-0.1, -0.05) is 25.1 Å². The molecule has 0 radical (unpaired) electrons. The van der Waals surface area contributed by atoms with Crippen LogP contribution in [-0.4, -0.2) is 0 Å². The smallest absolute Gasteiger partial charge is 0.0239 e. The van der Waals surface area contributed by atoms with Crippen molar-refractivity contribution in [2.45, 2.75) is 20.3 Å². The lowest BCUT2D eigenvalue weighted by Crippen LogP contribution is -1.87. The lowest BCUT2D eigenvalue weighted by atomic mass is 10.0. The molecule has 0 aromatic heterocycles. The third kappa shape index (κ3) is 2.33. The van der Waals surface area contributed by atoms with Crippen molar-refractivity contribution in [3.8, 4) is 0 Å². The summed E-state index contributed by atoms with van der Waals surface area (Å²) in [6.45, 7) is 4.11. The van der Waals surface area contributed by atoms with Gasteiger partial charge in [0.15, 0.2) is 0 Å². The molecular weight excluding hydrogens is 162 g/mol. The first-order chi connectivity index (χ1) is 6.31. The quantitative estimate of drug-likeness (QED) is 0.716. The van der Waals surface area contributed by atoms with Gasteiger partial charge in [-0.3, -0.25) is 0 Å². The summed E-state index contributed by atoms with van der Waals surface area (Å²) in [7, 11) is 0. The van der Waals surface area contributed by atoms with E-state index < -0.39 is 0 Å². The second-order valence-electron chi connectivity index (χ2n) is 2.85. The second kappa shape index (κ2) is 4.67. The molecule has 0 aliphatic rings. The minimum Gasteiger partial charge on any atom is -0.761 e. The Morgan fingerprint density at radius 2 is 2.31 bits per heavy atom. The van der Waals surface area contributed by atoms with E-state index in [1.54, 1.807) is 6.07 Å². The highest BCUT2D eigenvalue weighted by Crippen LogP contribution is 2.20. The van der Waals surface area contributed by atoms with Crippen molar-refractivity contribution in [3.05, 3.63) is 41.1 Å². The van der Waals surface area contributed by atoms with Crippen LogP contribution < -0.4 is 5.48 Å². The maximum Gasteiger partial charge on any atom is 0.0239 e. The Morgan fingerprint density at radius 3 is 2.85 bits per heavy atom. The van der Waals surface area contributed by atoms with Gasteiger partial charge in [-0.2, -0.15) is 0 Å². The van der Waals surface area contributed by atoms with Gasteiger partial charge < -0.3 is 10.7 Å². The zero-order chi connectivity index (χ0) is 9.68. The lowest BCUT2D eigenvalue weighted by molar-refractivity contribution is 1.23. The molecular formula is C11H14NO-. The van der Waals surface area contributed by atoms with E-state index in [9.17, 15) is 5.21 Å². The topological polar surface area (TPSA) is 35.1 Å². The summed E-state index contributed by atoms with van der Waals surface area (Å²) in [4.78, 5) is 0. The maximum absolute atomic E-state index is 10.4. The first kappa shape index (κ1) is 9.81. The van der Waals surface area contributed by atoms with Crippen LogP contribution in [0, 0.1) is 5.21 Å². The summed E-state index contributed by atoms with van der Waals surface area (Å²) in [5.74, 6) is 0. The second-order valence-corrected chi connectivity index (χ2v) is 2.85. The van der Waals surface area contributed by atoms with Crippen molar-refractivity contribution < 1.29 is 0 Å². The van der Waals surface area contributed by atoms with Gasteiger partial charge in [0, 0.05) is 5.69 Å². The highest BCUT2D eigenvalue weighted by molar-refractivity contribution is 5.68. The zero-order valence-electron chi connectivity index (χ0n) is 8.00. The third-order valence-electron chi connectivity index (χ3n) is 2.08. The average Bonchev–Trinajstić information content (AvgIpc) is 2.20. The minimum atomic E-state index is 0.616. The first-order valence-electron chi connectivity index (χ1n) is 4.45. The molecule has 0 aliphatic heterocycles. The van der Waals surface area contributed by atoms with Crippen LogP contribution in [0.2, 0.25) is 0 Å². The molecule has 13 heavy (non-hydrogen) atoms. The van der Waals surface area contributed by atoms with Crippen LogP contribution in [0.4, 0.5) is 5.69 Å². The van der Waals surface area contributed by atoms with Crippen LogP contribution in [0.15, 0.2) is 30.3 Å². The van der Waals surface area contributed by atoms with E-state index in [0.29, 0.717) is 5.69 Å². The van der Waals surface area contributed by atoms with E-state index in [1.807, 2.05) is 30.6 Å². The first-order valence-corrected chi connectivity index (χ1v) is 4.45. The molecule has 1 aromatic carbocycles. The van der Waals surface area contributed by atoms with E-state index >= 15 is 0 Å². The number of allylic oxidation sites excluding steroid dienone is 2. The van der Waals surface area contributed by atoms with E-state index in [-0.39, 0.29) is 0 Å². The van der Waals surface area contributed by atoms with Crippen molar-refractivity contribution in [3.63, 3.8) is 0 Å². The molecule has 0 heterocycles. The highest BCUT2D eigenvalue weighted by atomic mass is 16.5. The summed E-state index contributed by atoms with van der Waals surface area (Å²) in [6, 6.07) is 7.53. The molecule has 0 saturated heterocycles. The van der Waals surface area contributed by atoms with Gasteiger partial charge in [-0.05, 0) is 36.6 Å². The normalized spacial score (nSPS) is 11.5. The van der Waals surface area contributed by atoms with Crippen LogP contribution >= 0.6 is 0 Å². The Balaban J connectivity index is 3.00. The van der Waals surface area contributed by atoms with E-state index in [4.69, 9.17) is 0 Å². The molecule has 0 amide bonds. The van der Waals surface area contributed by atoms with Crippen molar-refractivity contribution in [2.75, 3.05) is 5.48 Å². The van der Waals surface area contributed by atoms with Gasteiger partial charge >= 0.3 is 0 Å². The summed E-state index contributed by atoms with van der Waals surface area (Å²) in [6.07, 6.45) is 3.06. The van der Waals surface area contributed by atoms with Gasteiger partial charge in [-0.25, -0.2) is 0 Å². The summed E-state index contributed by atoms with van der Waals surface area (Å²) in [5.41, 5.74) is 4.89. The van der Waals surface area contributed by atoms with E-state index in [0.717, 1.165) is 12.0 Å². The Hall–Kier alpha value is -1.28. The average molecular weight is 176 g/mol. The van der Waals surface area contributed by atoms with E-state index in [1.165, 1.54) is 5.57 Å². The highest BCUT2D eigenvalue weighted by Gasteiger charge is 1.97. The van der Waals surface area contributed by atoms with Crippen LogP contribution in [0.1, 0.15) is 25.8 Å². The largest absolute Gasteiger partial charge is 0.761 e. The summed E-state index contributed by atoms with van der Waals surface area (Å²) < 4.78 is 0. The van der Waals surface area contributed by atoms with Crippen LogP contribution in [-0.2, 0) is 0 Å². The fourth-order valence-electron chi connectivity index (χ4n) is 1.36. The van der Waals surface area contributed by atoms with Crippen molar-refractivity contribution >= 4 is 11.3 Å². The molecule has 0 spiro atoms. The van der Waals surface area contributed by atoms with Crippen LogP contribution in [0.5, 0.6) is 0 Å². The molecule has 1 rings (SSSR count). The molecule has 2 heteroatoms. The van der Waals surface area contributed by atoms with Crippen molar-refractivity contribution in [1.29, 1.82) is 0 Å². The molecule has 0 fully saturated rings. The predicted molar refractivity (Wildman–Crippen MR) is 57.4 cm³/mol. The van der Waals surface area contributed by atoms with Crippen molar-refractivity contribution in [2.24, 2.45) is 0 Å². The third-order valence-corrected chi connectivity index (χ3v) is 2.08. The van der Waals surface area contributed by atoms with Gasteiger partial charge in [0.1, 0.15) is 0 Å². The lowest BCUT2D eigenvalue weighted by Gasteiger charge is -2.11. The number of nitrogens with one attached hydrogen (secondary N) is 1. The number of hydrogen-bond acceptors (Lipinski definition) is 2. The molecule has 0 aliphatic carbocycles. The van der Waals surface area contributed by atoms with Crippen LogP contribution in [0.3, 0.4) is 0 Å².